The van der Waals surface area contributed by atoms with Crippen LogP contribution in [0.25, 0.3) is 11.3 Å². The van der Waals surface area contributed by atoms with E-state index in [0.717, 1.165) is 11.1 Å². The Balaban J connectivity index is 1.69. The first-order chi connectivity index (χ1) is 14.1. The molecule has 0 amide bonds. The van der Waals surface area contributed by atoms with Gasteiger partial charge in [0.05, 0.1) is 18.8 Å². The van der Waals surface area contributed by atoms with Gasteiger partial charge in [-0.2, -0.15) is 0 Å². The Morgan fingerprint density at radius 1 is 1.21 bits per heavy atom. The van der Waals surface area contributed by atoms with Crippen molar-refractivity contribution >= 4 is 5.95 Å². The number of halogens is 1. The Kier molecular flexibility index (Phi) is 5.26. The van der Waals surface area contributed by atoms with Crippen LogP contribution in [0.1, 0.15) is 11.6 Å². The minimum atomic E-state index is -0.315. The van der Waals surface area contributed by atoms with Gasteiger partial charge in [-0.05, 0) is 30.3 Å². The van der Waals surface area contributed by atoms with Gasteiger partial charge in [0, 0.05) is 56.3 Å². The molecular weight excluding hydrogens is 373 g/mol. The molecule has 7 nitrogen and oxygen atoms in total. The van der Waals surface area contributed by atoms with E-state index < -0.39 is 0 Å². The van der Waals surface area contributed by atoms with E-state index in [-0.39, 0.29) is 17.4 Å². The highest BCUT2D eigenvalue weighted by Crippen LogP contribution is 2.29. The lowest BCUT2D eigenvalue weighted by atomic mass is 10.0. The average molecular weight is 395 g/mol. The number of hydrogen-bond donors (Lipinski definition) is 1. The fourth-order valence-corrected chi connectivity index (χ4v) is 3.60. The van der Waals surface area contributed by atoms with Crippen molar-refractivity contribution < 1.29 is 9.13 Å². The Morgan fingerprint density at radius 2 is 2.00 bits per heavy atom. The molecule has 1 unspecified atom stereocenters. The van der Waals surface area contributed by atoms with Crippen LogP contribution >= 0.6 is 0 Å². The number of anilines is 1. The summed E-state index contributed by atoms with van der Waals surface area (Å²) in [6.07, 6.45) is 3.34. The second kappa shape index (κ2) is 8.00. The number of aromatic nitrogens is 3. The molecule has 0 aliphatic carbocycles. The first kappa shape index (κ1) is 19.1. The van der Waals surface area contributed by atoms with Gasteiger partial charge < -0.3 is 15.0 Å². The maximum Gasteiger partial charge on any atom is 0.255 e. The van der Waals surface area contributed by atoms with Crippen molar-refractivity contribution in [1.82, 2.24) is 19.9 Å². The molecule has 29 heavy (non-hydrogen) atoms. The molecule has 0 bridgehead atoms. The van der Waals surface area contributed by atoms with Crippen molar-refractivity contribution in [3.8, 4) is 17.0 Å². The van der Waals surface area contributed by atoms with Crippen molar-refractivity contribution in [2.24, 2.45) is 7.05 Å². The molecule has 1 aliphatic heterocycles. The summed E-state index contributed by atoms with van der Waals surface area (Å²) in [5.74, 6) is 0.884. The van der Waals surface area contributed by atoms with Gasteiger partial charge in [-0.1, -0.05) is 0 Å². The molecule has 0 saturated carbocycles. The van der Waals surface area contributed by atoms with Gasteiger partial charge in [0.15, 0.2) is 0 Å². The molecular formula is C21H22FN5O2. The van der Waals surface area contributed by atoms with Crippen LogP contribution in [0.3, 0.4) is 0 Å². The van der Waals surface area contributed by atoms with Crippen molar-refractivity contribution in [3.05, 3.63) is 70.5 Å². The van der Waals surface area contributed by atoms with E-state index >= 15 is 0 Å². The van der Waals surface area contributed by atoms with E-state index in [1.807, 2.05) is 17.0 Å². The summed E-state index contributed by atoms with van der Waals surface area (Å²) in [5, 5.41) is 3.41. The van der Waals surface area contributed by atoms with E-state index in [1.165, 1.54) is 22.8 Å². The van der Waals surface area contributed by atoms with Crippen LogP contribution in [0.4, 0.5) is 10.3 Å². The molecule has 8 heteroatoms. The van der Waals surface area contributed by atoms with Gasteiger partial charge in [-0.15, -0.1) is 0 Å². The number of ether oxygens (including phenoxy) is 1. The third-order valence-electron chi connectivity index (χ3n) is 5.11. The Morgan fingerprint density at radius 3 is 2.76 bits per heavy atom. The maximum absolute atomic E-state index is 13.9. The van der Waals surface area contributed by atoms with Crippen molar-refractivity contribution in [1.29, 1.82) is 0 Å². The molecule has 3 heterocycles. The number of piperazine rings is 1. The summed E-state index contributed by atoms with van der Waals surface area (Å²) in [6.45, 7) is 1.87. The summed E-state index contributed by atoms with van der Waals surface area (Å²) in [6, 6.07) is 9.51. The van der Waals surface area contributed by atoms with E-state index in [9.17, 15) is 9.18 Å². The molecule has 1 aliphatic rings. The summed E-state index contributed by atoms with van der Waals surface area (Å²) in [4.78, 5) is 23.4. The molecule has 4 rings (SSSR count). The number of methoxy groups -OCH3 is 1. The lowest BCUT2D eigenvalue weighted by Crippen LogP contribution is -2.48. The topological polar surface area (TPSA) is 72.3 Å². The molecule has 1 aromatic carbocycles. The lowest BCUT2D eigenvalue weighted by Gasteiger charge is -2.35. The van der Waals surface area contributed by atoms with Gasteiger partial charge in [0.25, 0.3) is 5.56 Å². The molecule has 2 aromatic heterocycles. The van der Waals surface area contributed by atoms with Crippen molar-refractivity contribution in [2.75, 3.05) is 31.6 Å². The predicted molar refractivity (Wildman–Crippen MR) is 109 cm³/mol. The molecule has 1 atom stereocenters. The van der Waals surface area contributed by atoms with E-state index in [1.54, 1.807) is 32.6 Å². The van der Waals surface area contributed by atoms with E-state index in [2.05, 4.69) is 10.3 Å². The predicted octanol–water partition coefficient (Wildman–Crippen LogP) is 2.14. The monoisotopic (exact) mass is 395 g/mol. The summed E-state index contributed by atoms with van der Waals surface area (Å²) in [5.41, 5.74) is 2.04. The molecule has 150 valence electrons. The second-order valence-corrected chi connectivity index (χ2v) is 6.91. The normalized spacial score (nSPS) is 16.7. The van der Waals surface area contributed by atoms with Crippen molar-refractivity contribution in [3.63, 3.8) is 0 Å². The highest BCUT2D eigenvalue weighted by Gasteiger charge is 2.26. The second-order valence-electron chi connectivity index (χ2n) is 6.91. The largest absolute Gasteiger partial charge is 0.496 e. The first-order valence-electron chi connectivity index (χ1n) is 9.37. The Bertz CT molecular complexity index is 1070. The van der Waals surface area contributed by atoms with Crippen LogP contribution in [0.2, 0.25) is 0 Å². The highest BCUT2D eigenvalue weighted by atomic mass is 19.1. The SMILES string of the molecule is COc1ccc(F)cc1C1CN(c2nc(-c3ccncc3)cc(=O)n2C)CCN1. The number of pyridine rings is 1. The number of hydrogen-bond acceptors (Lipinski definition) is 6. The summed E-state index contributed by atoms with van der Waals surface area (Å²) in [7, 11) is 3.28. The van der Waals surface area contributed by atoms with Crippen LogP contribution in [0, 0.1) is 5.82 Å². The van der Waals surface area contributed by atoms with Gasteiger partial charge in [-0.3, -0.25) is 14.3 Å². The number of nitrogens with one attached hydrogen (secondary N) is 1. The van der Waals surface area contributed by atoms with E-state index in [4.69, 9.17) is 9.72 Å². The van der Waals surface area contributed by atoms with Crippen LogP contribution < -0.4 is 20.5 Å². The van der Waals surface area contributed by atoms with Crippen LogP contribution in [-0.2, 0) is 7.05 Å². The maximum atomic E-state index is 13.9. The first-order valence-corrected chi connectivity index (χ1v) is 9.37. The van der Waals surface area contributed by atoms with Crippen LogP contribution in [0.5, 0.6) is 5.75 Å². The summed E-state index contributed by atoms with van der Waals surface area (Å²) < 4.78 is 20.8. The number of nitrogens with zero attached hydrogens (tertiary/aromatic N) is 4. The third kappa shape index (κ3) is 3.84. The molecule has 0 radical (unpaired) electrons. The fourth-order valence-electron chi connectivity index (χ4n) is 3.60. The van der Waals surface area contributed by atoms with Gasteiger partial charge in [0.1, 0.15) is 11.6 Å². The van der Waals surface area contributed by atoms with Crippen LogP contribution in [-0.4, -0.2) is 41.3 Å². The molecule has 1 fully saturated rings. The smallest absolute Gasteiger partial charge is 0.255 e. The van der Waals surface area contributed by atoms with Gasteiger partial charge in [0.2, 0.25) is 5.95 Å². The lowest BCUT2D eigenvalue weighted by molar-refractivity contribution is 0.389. The highest BCUT2D eigenvalue weighted by molar-refractivity contribution is 5.59. The zero-order valence-electron chi connectivity index (χ0n) is 16.3. The standard InChI is InChI=1S/C21H22FN5O2/c1-26-20(28)12-17(14-5-7-23-8-6-14)25-21(26)27-10-9-24-18(13-27)16-11-15(22)3-4-19(16)29-2/h3-8,11-12,18,24H,9-10,13H2,1-2H3. The Labute approximate surface area is 167 Å². The molecule has 1 N–H and O–H groups in total. The number of rotatable bonds is 4. The van der Waals surface area contributed by atoms with Gasteiger partial charge >= 0.3 is 0 Å². The number of benzene rings is 1. The van der Waals surface area contributed by atoms with E-state index in [0.29, 0.717) is 37.0 Å². The minimum Gasteiger partial charge on any atom is -0.496 e. The van der Waals surface area contributed by atoms with Crippen molar-refractivity contribution in [2.45, 2.75) is 6.04 Å². The zero-order valence-corrected chi connectivity index (χ0v) is 16.3. The molecule has 3 aromatic rings. The molecule has 0 spiro atoms. The summed E-state index contributed by atoms with van der Waals surface area (Å²) >= 11 is 0. The van der Waals surface area contributed by atoms with Crippen LogP contribution in [0.15, 0.2) is 53.6 Å². The van der Waals surface area contributed by atoms with Gasteiger partial charge in [-0.25, -0.2) is 9.37 Å². The third-order valence-corrected chi connectivity index (χ3v) is 5.11. The fraction of sp³-hybridized carbons (Fsp3) is 0.286. The quantitative estimate of drug-likeness (QED) is 0.730. The minimum absolute atomic E-state index is 0.139. The Hall–Kier alpha value is -3.26. The molecule has 1 saturated heterocycles. The average Bonchev–Trinajstić information content (AvgIpc) is 2.76. The zero-order chi connectivity index (χ0) is 20.4.